The number of aromatic nitrogens is 2. The molecule has 0 aromatic carbocycles. The van der Waals surface area contributed by atoms with E-state index in [0.717, 1.165) is 25.2 Å². The smallest absolute Gasteiger partial charge is 0.227 e. The van der Waals surface area contributed by atoms with Crippen molar-refractivity contribution in [1.82, 2.24) is 15.1 Å². The first kappa shape index (κ1) is 11.2. The van der Waals surface area contributed by atoms with E-state index >= 15 is 0 Å². The van der Waals surface area contributed by atoms with E-state index in [2.05, 4.69) is 10.2 Å². The summed E-state index contributed by atoms with van der Waals surface area (Å²) in [6.07, 6.45) is 2.80. The van der Waals surface area contributed by atoms with Crippen molar-refractivity contribution in [2.24, 2.45) is 5.41 Å². The summed E-state index contributed by atoms with van der Waals surface area (Å²) in [5.41, 5.74) is 0.868. The molecule has 0 saturated carbocycles. The average molecular weight is 221 g/mol. The van der Waals surface area contributed by atoms with Crippen molar-refractivity contribution in [3.05, 3.63) is 18.0 Å². The van der Waals surface area contributed by atoms with E-state index in [9.17, 15) is 4.79 Å². The minimum absolute atomic E-state index is 0.245. The van der Waals surface area contributed by atoms with Gasteiger partial charge in [-0.2, -0.15) is 5.10 Å². The molecule has 1 aliphatic heterocycles. The second-order valence-electron chi connectivity index (χ2n) is 5.50. The zero-order valence-electron chi connectivity index (χ0n) is 10.2. The highest BCUT2D eigenvalue weighted by atomic mass is 16.2. The van der Waals surface area contributed by atoms with Crippen LogP contribution in [0.15, 0.2) is 12.3 Å². The summed E-state index contributed by atoms with van der Waals surface area (Å²) in [5.74, 6) is 0.670. The Hall–Kier alpha value is -1.32. The number of carbonyl (C=O) groups is 1. The maximum atomic E-state index is 12.1. The van der Waals surface area contributed by atoms with Crippen molar-refractivity contribution in [2.75, 3.05) is 13.1 Å². The highest BCUT2D eigenvalue weighted by molar-refractivity contribution is 5.81. The summed E-state index contributed by atoms with van der Waals surface area (Å²) in [7, 11) is 0. The molecule has 88 valence electrons. The molecule has 1 N–H and O–H groups in total. The fourth-order valence-corrected chi connectivity index (χ4v) is 2.17. The van der Waals surface area contributed by atoms with Crippen LogP contribution in [0.1, 0.15) is 38.8 Å². The first-order chi connectivity index (χ1) is 7.48. The zero-order valence-corrected chi connectivity index (χ0v) is 10.2. The van der Waals surface area contributed by atoms with Crippen molar-refractivity contribution in [2.45, 2.75) is 33.1 Å². The summed E-state index contributed by atoms with van der Waals surface area (Å²) in [6, 6.07) is 2.00. The van der Waals surface area contributed by atoms with Crippen LogP contribution in [0, 0.1) is 5.41 Å². The van der Waals surface area contributed by atoms with E-state index in [1.165, 1.54) is 0 Å². The fraction of sp³-hybridized carbons (Fsp3) is 0.667. The second-order valence-corrected chi connectivity index (χ2v) is 5.50. The lowest BCUT2D eigenvalue weighted by molar-refractivity contribution is -0.138. The van der Waals surface area contributed by atoms with Gasteiger partial charge in [-0.25, -0.2) is 0 Å². The van der Waals surface area contributed by atoms with Crippen molar-refractivity contribution in [3.8, 4) is 0 Å². The summed E-state index contributed by atoms with van der Waals surface area (Å²) < 4.78 is 0. The number of hydrogen-bond donors (Lipinski definition) is 1. The maximum Gasteiger partial charge on any atom is 0.227 e. The van der Waals surface area contributed by atoms with Crippen LogP contribution in [0.4, 0.5) is 0 Å². The van der Waals surface area contributed by atoms with Crippen molar-refractivity contribution < 1.29 is 4.79 Å². The van der Waals surface area contributed by atoms with Crippen LogP contribution in [0.2, 0.25) is 0 Å². The Balaban J connectivity index is 2.01. The van der Waals surface area contributed by atoms with E-state index in [1.54, 1.807) is 6.20 Å². The molecule has 0 unspecified atom stereocenters. The average Bonchev–Trinajstić information content (AvgIpc) is 2.85. The summed E-state index contributed by atoms with van der Waals surface area (Å²) >= 11 is 0. The standard InChI is InChI=1S/C12H19N3O/c1-12(2,3)11(16)15-7-5-9(8-15)10-4-6-13-14-10/h4,6,9H,5,7-8H2,1-3H3,(H,13,14)/t9-/m0/s1. The van der Waals surface area contributed by atoms with E-state index in [0.29, 0.717) is 5.92 Å². The van der Waals surface area contributed by atoms with Crippen LogP contribution in [-0.4, -0.2) is 34.1 Å². The van der Waals surface area contributed by atoms with Gasteiger partial charge < -0.3 is 4.90 Å². The van der Waals surface area contributed by atoms with E-state index in [-0.39, 0.29) is 11.3 Å². The minimum Gasteiger partial charge on any atom is -0.342 e. The molecule has 1 saturated heterocycles. The molecule has 1 amide bonds. The number of nitrogens with zero attached hydrogens (tertiary/aromatic N) is 2. The lowest BCUT2D eigenvalue weighted by Crippen LogP contribution is -2.37. The SMILES string of the molecule is CC(C)(C)C(=O)N1CC[C@H](c2ccn[nH]2)C1. The van der Waals surface area contributed by atoms with E-state index in [1.807, 2.05) is 31.7 Å². The van der Waals surface area contributed by atoms with Crippen LogP contribution in [0.3, 0.4) is 0 Å². The molecule has 1 aliphatic rings. The number of hydrogen-bond acceptors (Lipinski definition) is 2. The third-order valence-electron chi connectivity index (χ3n) is 3.08. The number of aromatic amines is 1. The second kappa shape index (κ2) is 3.92. The molecule has 2 heterocycles. The normalized spacial score (nSPS) is 21.4. The summed E-state index contributed by atoms with van der Waals surface area (Å²) in [4.78, 5) is 14.0. The van der Waals surface area contributed by atoms with Gasteiger partial charge in [-0.1, -0.05) is 20.8 Å². The Bertz CT molecular complexity index is 364. The minimum atomic E-state index is -0.275. The zero-order chi connectivity index (χ0) is 11.8. The van der Waals surface area contributed by atoms with Crippen molar-refractivity contribution in [3.63, 3.8) is 0 Å². The Morgan fingerprint density at radius 2 is 2.31 bits per heavy atom. The Kier molecular flexibility index (Phi) is 2.74. The lowest BCUT2D eigenvalue weighted by Gasteiger charge is -2.25. The van der Waals surface area contributed by atoms with Gasteiger partial charge in [0.15, 0.2) is 0 Å². The molecule has 1 atom stereocenters. The van der Waals surface area contributed by atoms with Gasteiger partial charge in [0.1, 0.15) is 0 Å². The Labute approximate surface area is 96.0 Å². The molecule has 2 rings (SSSR count). The molecule has 0 bridgehead atoms. The molecule has 16 heavy (non-hydrogen) atoms. The molecule has 4 nitrogen and oxygen atoms in total. The highest BCUT2D eigenvalue weighted by Crippen LogP contribution is 2.28. The van der Waals surface area contributed by atoms with Gasteiger partial charge in [0.05, 0.1) is 0 Å². The predicted molar refractivity (Wildman–Crippen MR) is 62.0 cm³/mol. The third-order valence-corrected chi connectivity index (χ3v) is 3.08. The largest absolute Gasteiger partial charge is 0.342 e. The third kappa shape index (κ3) is 2.10. The number of nitrogens with one attached hydrogen (secondary N) is 1. The van der Waals surface area contributed by atoms with Gasteiger partial charge in [-0.05, 0) is 12.5 Å². The topological polar surface area (TPSA) is 49.0 Å². The van der Waals surface area contributed by atoms with E-state index < -0.39 is 0 Å². The lowest BCUT2D eigenvalue weighted by atomic mass is 9.95. The first-order valence-corrected chi connectivity index (χ1v) is 5.77. The molecular weight excluding hydrogens is 202 g/mol. The fourth-order valence-electron chi connectivity index (χ4n) is 2.17. The monoisotopic (exact) mass is 221 g/mol. The molecule has 0 spiro atoms. The molecule has 0 radical (unpaired) electrons. The van der Waals surface area contributed by atoms with Crippen molar-refractivity contribution >= 4 is 5.91 Å². The van der Waals surface area contributed by atoms with Crippen molar-refractivity contribution in [1.29, 1.82) is 0 Å². The van der Waals surface area contributed by atoms with E-state index in [4.69, 9.17) is 0 Å². The van der Waals surface area contributed by atoms with Crippen LogP contribution in [0.5, 0.6) is 0 Å². The van der Waals surface area contributed by atoms with Gasteiger partial charge >= 0.3 is 0 Å². The Morgan fingerprint density at radius 3 is 2.88 bits per heavy atom. The molecule has 1 fully saturated rings. The highest BCUT2D eigenvalue weighted by Gasteiger charge is 2.33. The molecular formula is C12H19N3O. The first-order valence-electron chi connectivity index (χ1n) is 5.77. The number of rotatable bonds is 1. The van der Waals surface area contributed by atoms with Crippen LogP contribution >= 0.6 is 0 Å². The summed E-state index contributed by atoms with van der Waals surface area (Å²) in [6.45, 7) is 7.59. The number of carbonyl (C=O) groups excluding carboxylic acids is 1. The van der Waals surface area contributed by atoms with Gasteiger partial charge in [-0.15, -0.1) is 0 Å². The molecule has 1 aromatic rings. The molecule has 4 heteroatoms. The van der Waals surface area contributed by atoms with Gasteiger partial charge in [0.2, 0.25) is 5.91 Å². The molecule has 0 aliphatic carbocycles. The Morgan fingerprint density at radius 1 is 1.56 bits per heavy atom. The van der Waals surface area contributed by atoms with Crippen LogP contribution in [0.25, 0.3) is 0 Å². The predicted octanol–water partition coefficient (Wildman–Crippen LogP) is 1.77. The van der Waals surface area contributed by atoms with Gasteiger partial charge in [0, 0.05) is 36.3 Å². The molecule has 1 aromatic heterocycles. The number of amides is 1. The van der Waals surface area contributed by atoms with Crippen LogP contribution in [-0.2, 0) is 4.79 Å². The summed E-state index contributed by atoms with van der Waals surface area (Å²) in [5, 5.41) is 6.95. The maximum absolute atomic E-state index is 12.1. The van der Waals surface area contributed by atoms with Crippen LogP contribution < -0.4 is 0 Å². The number of likely N-dealkylation sites (tertiary alicyclic amines) is 1. The van der Waals surface area contributed by atoms with Gasteiger partial charge in [-0.3, -0.25) is 9.89 Å². The van der Waals surface area contributed by atoms with Gasteiger partial charge in [0.25, 0.3) is 0 Å². The quantitative estimate of drug-likeness (QED) is 0.785. The number of H-pyrrole nitrogens is 1.